The molecule has 0 aliphatic rings. The van der Waals surface area contributed by atoms with E-state index in [4.69, 9.17) is 10.2 Å². The number of phenolic OH excluding ortho intramolecular Hbond substituents is 1. The van der Waals surface area contributed by atoms with E-state index in [0.29, 0.717) is 40.2 Å². The maximum atomic E-state index is 9.89. The van der Waals surface area contributed by atoms with Crippen LogP contribution in [0.3, 0.4) is 0 Å². The normalized spacial score (nSPS) is 10.6. The Labute approximate surface area is 167 Å². The van der Waals surface area contributed by atoms with Gasteiger partial charge in [0.25, 0.3) is 0 Å². The molecule has 142 valence electrons. The van der Waals surface area contributed by atoms with Crippen molar-refractivity contribution in [3.8, 4) is 34.4 Å². The Hall–Kier alpha value is -3.34. The molecular weight excluding hydrogens is 378 g/mol. The van der Waals surface area contributed by atoms with Gasteiger partial charge in [-0.15, -0.1) is 12.4 Å². The maximum Gasteiger partial charge on any atom is 0.156 e. The topological polar surface area (TPSA) is 125 Å². The highest BCUT2D eigenvalue weighted by Gasteiger charge is 2.21. The van der Waals surface area contributed by atoms with Crippen LogP contribution < -0.4 is 5.73 Å². The SMILES string of the molecule is Cl.N#Cc1c(-c2ccc(O)cc2)nc2[nH]ncc2c1-c1ccc(CCCN)o1. The van der Waals surface area contributed by atoms with Crippen LogP contribution in [0.4, 0.5) is 0 Å². The lowest BCUT2D eigenvalue weighted by atomic mass is 9.98. The summed E-state index contributed by atoms with van der Waals surface area (Å²) < 4.78 is 5.99. The molecule has 4 N–H and O–H groups in total. The molecule has 0 aliphatic carbocycles. The van der Waals surface area contributed by atoms with E-state index in [1.165, 1.54) is 0 Å². The highest BCUT2D eigenvalue weighted by Crippen LogP contribution is 2.37. The second-order valence-electron chi connectivity index (χ2n) is 6.16. The van der Waals surface area contributed by atoms with Crippen molar-refractivity contribution in [1.82, 2.24) is 15.2 Å². The van der Waals surface area contributed by atoms with Crippen LogP contribution in [0, 0.1) is 11.3 Å². The zero-order chi connectivity index (χ0) is 18.8. The first-order chi connectivity index (χ1) is 13.2. The summed E-state index contributed by atoms with van der Waals surface area (Å²) in [6.07, 6.45) is 3.21. The monoisotopic (exact) mass is 395 g/mol. The molecule has 0 saturated heterocycles. The molecule has 3 aromatic heterocycles. The summed E-state index contributed by atoms with van der Waals surface area (Å²) in [6, 6.07) is 12.6. The van der Waals surface area contributed by atoms with Gasteiger partial charge in [0.1, 0.15) is 23.3 Å². The molecule has 0 aliphatic heterocycles. The summed E-state index contributed by atoms with van der Waals surface area (Å²) in [5.74, 6) is 1.56. The number of nitrogens with two attached hydrogens (primary N) is 1. The van der Waals surface area contributed by atoms with Gasteiger partial charge in [0, 0.05) is 17.5 Å². The highest BCUT2D eigenvalue weighted by molar-refractivity contribution is 5.97. The van der Waals surface area contributed by atoms with Crippen molar-refractivity contribution < 1.29 is 9.52 Å². The minimum absolute atomic E-state index is 0. The minimum atomic E-state index is 0. The maximum absolute atomic E-state index is 9.89. The molecule has 1 aromatic carbocycles. The zero-order valence-corrected chi connectivity index (χ0v) is 15.7. The van der Waals surface area contributed by atoms with Crippen molar-refractivity contribution in [3.05, 3.63) is 53.9 Å². The van der Waals surface area contributed by atoms with Crippen LogP contribution in [-0.4, -0.2) is 26.8 Å². The predicted molar refractivity (Wildman–Crippen MR) is 108 cm³/mol. The molecule has 0 unspecified atom stereocenters. The van der Waals surface area contributed by atoms with Gasteiger partial charge in [-0.1, -0.05) is 0 Å². The van der Waals surface area contributed by atoms with E-state index in [1.54, 1.807) is 30.5 Å². The van der Waals surface area contributed by atoms with Crippen LogP contribution in [0.25, 0.3) is 33.6 Å². The number of pyridine rings is 1. The molecule has 7 nitrogen and oxygen atoms in total. The van der Waals surface area contributed by atoms with Crippen LogP contribution in [0.15, 0.2) is 47.0 Å². The molecular formula is C20H18ClN5O2. The number of nitrogens with one attached hydrogen (secondary N) is 1. The van der Waals surface area contributed by atoms with Gasteiger partial charge in [0.05, 0.1) is 22.8 Å². The predicted octanol–water partition coefficient (Wildman–Crippen LogP) is 3.78. The quantitative estimate of drug-likeness (QED) is 0.472. The van der Waals surface area contributed by atoms with Gasteiger partial charge < -0.3 is 15.3 Å². The van der Waals surface area contributed by atoms with E-state index in [0.717, 1.165) is 24.2 Å². The first kappa shape index (κ1) is 19.4. The number of nitrogens with zero attached hydrogens (tertiary/aromatic N) is 3. The van der Waals surface area contributed by atoms with Crippen molar-refractivity contribution in [3.63, 3.8) is 0 Å². The number of halogens is 1. The van der Waals surface area contributed by atoms with E-state index in [9.17, 15) is 10.4 Å². The molecule has 0 radical (unpaired) electrons. The van der Waals surface area contributed by atoms with Crippen LogP contribution in [-0.2, 0) is 6.42 Å². The smallest absolute Gasteiger partial charge is 0.156 e. The molecule has 4 rings (SSSR count). The number of phenols is 1. The number of aryl methyl sites for hydroxylation is 1. The summed E-state index contributed by atoms with van der Waals surface area (Å²) in [4.78, 5) is 4.57. The Morgan fingerprint density at radius 3 is 2.68 bits per heavy atom. The lowest BCUT2D eigenvalue weighted by Crippen LogP contribution is -1.99. The first-order valence-corrected chi connectivity index (χ1v) is 8.57. The van der Waals surface area contributed by atoms with E-state index in [1.807, 2.05) is 12.1 Å². The summed E-state index contributed by atoms with van der Waals surface area (Å²) in [6.45, 7) is 0.589. The molecule has 3 heterocycles. The molecule has 28 heavy (non-hydrogen) atoms. The lowest BCUT2D eigenvalue weighted by Gasteiger charge is -2.09. The molecule has 8 heteroatoms. The van der Waals surface area contributed by atoms with E-state index >= 15 is 0 Å². The third kappa shape index (κ3) is 3.43. The molecule has 0 spiro atoms. The average molecular weight is 396 g/mol. The summed E-state index contributed by atoms with van der Waals surface area (Å²) in [5.41, 5.74) is 8.41. The Balaban J connectivity index is 0.00000225. The second-order valence-corrected chi connectivity index (χ2v) is 6.16. The van der Waals surface area contributed by atoms with Crippen LogP contribution in [0.2, 0.25) is 0 Å². The molecule has 4 aromatic rings. The van der Waals surface area contributed by atoms with Crippen molar-refractivity contribution in [2.24, 2.45) is 5.73 Å². The highest BCUT2D eigenvalue weighted by atomic mass is 35.5. The number of H-pyrrole nitrogens is 1. The fourth-order valence-electron chi connectivity index (χ4n) is 3.08. The summed E-state index contributed by atoms with van der Waals surface area (Å²) in [7, 11) is 0. The molecule has 0 amide bonds. The second kappa shape index (κ2) is 8.13. The lowest BCUT2D eigenvalue weighted by molar-refractivity contribution is 0.475. The van der Waals surface area contributed by atoms with Gasteiger partial charge >= 0.3 is 0 Å². The molecule has 0 saturated carbocycles. The Morgan fingerprint density at radius 1 is 1.18 bits per heavy atom. The Bertz CT molecular complexity index is 1140. The van der Waals surface area contributed by atoms with E-state index in [2.05, 4.69) is 21.3 Å². The van der Waals surface area contributed by atoms with Crippen molar-refractivity contribution in [2.45, 2.75) is 12.8 Å². The summed E-state index contributed by atoms with van der Waals surface area (Å²) >= 11 is 0. The van der Waals surface area contributed by atoms with Gasteiger partial charge in [-0.2, -0.15) is 10.4 Å². The van der Waals surface area contributed by atoms with Crippen LogP contribution in [0.5, 0.6) is 5.75 Å². The number of hydrogen-bond donors (Lipinski definition) is 3. The molecule has 0 fully saturated rings. The largest absolute Gasteiger partial charge is 0.508 e. The number of rotatable bonds is 5. The third-order valence-corrected chi connectivity index (χ3v) is 4.39. The summed E-state index contributed by atoms with van der Waals surface area (Å²) in [5, 5.41) is 27.1. The Kier molecular flexibility index (Phi) is 5.64. The standard InChI is InChI=1S/C20H17N5O2.ClH/c21-9-1-2-14-7-8-17(27-14)18-15(10-22)19(12-3-5-13(26)6-4-12)24-20-16(18)11-23-25-20;/h3-8,11,26H,1-2,9,21H2,(H,23,24,25);1H. The van der Waals surface area contributed by atoms with Gasteiger partial charge in [0.2, 0.25) is 0 Å². The fraction of sp³-hybridized carbons (Fsp3) is 0.150. The molecule has 0 atom stereocenters. The first-order valence-electron chi connectivity index (χ1n) is 8.57. The Morgan fingerprint density at radius 2 is 1.96 bits per heavy atom. The van der Waals surface area contributed by atoms with E-state index < -0.39 is 0 Å². The van der Waals surface area contributed by atoms with Crippen molar-refractivity contribution >= 4 is 23.4 Å². The molecule has 0 bridgehead atoms. The number of aromatic nitrogens is 3. The number of aromatic hydroxyl groups is 1. The minimum Gasteiger partial charge on any atom is -0.508 e. The van der Waals surface area contributed by atoms with Crippen LogP contribution in [0.1, 0.15) is 17.7 Å². The third-order valence-electron chi connectivity index (χ3n) is 4.39. The number of furan rings is 1. The number of aromatic amines is 1. The van der Waals surface area contributed by atoms with Crippen molar-refractivity contribution in [1.29, 1.82) is 5.26 Å². The van der Waals surface area contributed by atoms with Gasteiger partial charge in [-0.25, -0.2) is 4.98 Å². The number of benzene rings is 1. The number of fused-ring (bicyclic) bond motifs is 1. The van der Waals surface area contributed by atoms with Gasteiger partial charge in [0.15, 0.2) is 5.65 Å². The van der Waals surface area contributed by atoms with Crippen molar-refractivity contribution in [2.75, 3.05) is 6.54 Å². The number of nitriles is 1. The number of hydrogen-bond acceptors (Lipinski definition) is 6. The van der Waals surface area contributed by atoms with Crippen LogP contribution >= 0.6 is 12.4 Å². The van der Waals surface area contributed by atoms with Gasteiger partial charge in [-0.3, -0.25) is 5.10 Å². The van der Waals surface area contributed by atoms with Gasteiger partial charge in [-0.05, 0) is 49.4 Å². The fourth-order valence-corrected chi connectivity index (χ4v) is 3.08. The average Bonchev–Trinajstić information content (AvgIpc) is 3.34. The zero-order valence-electron chi connectivity index (χ0n) is 14.8. The van der Waals surface area contributed by atoms with E-state index in [-0.39, 0.29) is 18.2 Å².